The molecule has 29 heavy (non-hydrogen) atoms. The zero-order valence-electron chi connectivity index (χ0n) is 17.2. The Kier molecular flexibility index (Phi) is 6.72. The third-order valence-electron chi connectivity index (χ3n) is 4.66. The fourth-order valence-corrected chi connectivity index (χ4v) is 6.00. The quantitative estimate of drug-likeness (QED) is 0.750. The summed E-state index contributed by atoms with van der Waals surface area (Å²) in [6, 6.07) is 4.97. The Labute approximate surface area is 176 Å². The molecule has 0 atom stereocenters. The number of benzene rings is 1. The minimum atomic E-state index is -3.64. The molecular weight excluding hydrogens is 410 g/mol. The lowest BCUT2D eigenvalue weighted by molar-refractivity contribution is 0.0730. The molecule has 0 radical (unpaired) electrons. The number of aryl methyl sites for hydroxylation is 2. The van der Waals surface area contributed by atoms with Gasteiger partial charge in [0.2, 0.25) is 10.0 Å². The first-order valence-electron chi connectivity index (χ1n) is 9.64. The van der Waals surface area contributed by atoms with Crippen LogP contribution in [0.1, 0.15) is 39.8 Å². The van der Waals surface area contributed by atoms with Gasteiger partial charge in [-0.25, -0.2) is 13.4 Å². The van der Waals surface area contributed by atoms with Gasteiger partial charge < -0.3 is 10.1 Å². The second-order valence-corrected chi connectivity index (χ2v) is 10.6. The van der Waals surface area contributed by atoms with E-state index in [1.165, 1.54) is 21.7 Å². The van der Waals surface area contributed by atoms with Gasteiger partial charge in [0.15, 0.2) is 0 Å². The van der Waals surface area contributed by atoms with Gasteiger partial charge in [0.05, 0.1) is 28.8 Å². The number of hydrogen-bond donors (Lipinski definition) is 1. The largest absolute Gasteiger partial charge is 0.379 e. The fourth-order valence-electron chi connectivity index (χ4n) is 3.17. The lowest BCUT2D eigenvalue weighted by Crippen LogP contribution is -2.40. The number of nitrogens with zero attached hydrogens (tertiary/aromatic N) is 2. The van der Waals surface area contributed by atoms with Crippen molar-refractivity contribution in [3.8, 4) is 0 Å². The molecule has 0 spiro atoms. The van der Waals surface area contributed by atoms with Crippen LogP contribution in [0.5, 0.6) is 0 Å². The van der Waals surface area contributed by atoms with E-state index in [1.54, 1.807) is 19.1 Å². The van der Waals surface area contributed by atoms with Gasteiger partial charge in [-0.2, -0.15) is 4.31 Å². The molecule has 2 aromatic rings. The molecule has 1 aliphatic rings. The highest BCUT2D eigenvalue weighted by Gasteiger charge is 2.28. The van der Waals surface area contributed by atoms with Crippen LogP contribution in [-0.2, 0) is 21.2 Å². The Morgan fingerprint density at radius 2 is 1.97 bits per heavy atom. The van der Waals surface area contributed by atoms with Crippen LogP contribution in [0, 0.1) is 19.8 Å². The molecule has 1 aliphatic heterocycles. The summed E-state index contributed by atoms with van der Waals surface area (Å²) in [5, 5.41) is 3.76. The normalized spacial score (nSPS) is 15.6. The van der Waals surface area contributed by atoms with E-state index < -0.39 is 10.0 Å². The van der Waals surface area contributed by atoms with Crippen LogP contribution in [-0.4, -0.2) is 49.9 Å². The van der Waals surface area contributed by atoms with Gasteiger partial charge in [-0.3, -0.25) is 4.79 Å². The van der Waals surface area contributed by atoms with E-state index in [0.29, 0.717) is 54.0 Å². The molecule has 158 valence electrons. The number of amides is 1. The predicted octanol–water partition coefficient (Wildman–Crippen LogP) is 3.23. The van der Waals surface area contributed by atoms with E-state index in [2.05, 4.69) is 24.1 Å². The van der Waals surface area contributed by atoms with Crippen LogP contribution in [0.25, 0.3) is 0 Å². The summed E-state index contributed by atoms with van der Waals surface area (Å²) < 4.78 is 32.7. The molecule has 9 heteroatoms. The van der Waals surface area contributed by atoms with Crippen molar-refractivity contribution in [1.82, 2.24) is 9.29 Å². The van der Waals surface area contributed by atoms with Crippen LogP contribution in [0.2, 0.25) is 0 Å². The monoisotopic (exact) mass is 437 g/mol. The Morgan fingerprint density at radius 3 is 2.62 bits per heavy atom. The molecule has 1 fully saturated rings. The number of nitrogens with one attached hydrogen (secondary N) is 1. The highest BCUT2D eigenvalue weighted by atomic mass is 32.2. The molecule has 0 unspecified atom stereocenters. The van der Waals surface area contributed by atoms with Crippen molar-refractivity contribution >= 4 is 33.0 Å². The van der Waals surface area contributed by atoms with E-state index in [9.17, 15) is 13.2 Å². The first-order chi connectivity index (χ1) is 13.7. The predicted molar refractivity (Wildman–Crippen MR) is 114 cm³/mol. The maximum absolute atomic E-state index is 13.0. The molecule has 7 nitrogen and oxygen atoms in total. The zero-order chi connectivity index (χ0) is 21.2. The maximum Gasteiger partial charge on any atom is 0.267 e. The van der Waals surface area contributed by atoms with Gasteiger partial charge >= 0.3 is 0 Å². The van der Waals surface area contributed by atoms with Crippen LogP contribution < -0.4 is 5.32 Å². The van der Waals surface area contributed by atoms with Crippen molar-refractivity contribution in [2.24, 2.45) is 5.92 Å². The van der Waals surface area contributed by atoms with E-state index in [-0.39, 0.29) is 10.8 Å². The number of thiazole rings is 1. The maximum atomic E-state index is 13.0. The Bertz CT molecular complexity index is 993. The molecule has 1 aromatic carbocycles. The smallest absolute Gasteiger partial charge is 0.267 e. The van der Waals surface area contributed by atoms with Gasteiger partial charge in [0.1, 0.15) is 4.88 Å². The standard InChI is InChI=1S/C20H27N3O4S2/c1-13(2)11-18-21-15(4)19(28-18)20(24)22-16-6-5-14(3)17(12-16)29(25,26)23-7-9-27-10-8-23/h5-6,12-13H,7-11H2,1-4H3,(H,22,24). The average molecular weight is 438 g/mol. The molecule has 1 N–H and O–H groups in total. The van der Waals surface area contributed by atoms with Crippen LogP contribution in [0.4, 0.5) is 5.69 Å². The highest BCUT2D eigenvalue weighted by Crippen LogP contribution is 2.26. The van der Waals surface area contributed by atoms with Gasteiger partial charge in [-0.1, -0.05) is 19.9 Å². The van der Waals surface area contributed by atoms with E-state index in [0.717, 1.165) is 11.4 Å². The number of sulfonamides is 1. The lowest BCUT2D eigenvalue weighted by atomic mass is 10.1. The van der Waals surface area contributed by atoms with Crippen molar-refractivity contribution in [2.75, 3.05) is 31.6 Å². The summed E-state index contributed by atoms with van der Waals surface area (Å²) in [7, 11) is -3.64. The Morgan fingerprint density at radius 1 is 1.28 bits per heavy atom. The van der Waals surface area contributed by atoms with Crippen LogP contribution in [0.3, 0.4) is 0 Å². The van der Waals surface area contributed by atoms with Crippen LogP contribution >= 0.6 is 11.3 Å². The molecule has 0 aliphatic carbocycles. The minimum Gasteiger partial charge on any atom is -0.379 e. The summed E-state index contributed by atoms with van der Waals surface area (Å²) in [5.74, 6) is 0.190. The molecule has 1 aromatic heterocycles. The number of ether oxygens (including phenoxy) is 1. The molecule has 3 rings (SSSR count). The molecule has 1 saturated heterocycles. The number of rotatable bonds is 6. The van der Waals surface area contributed by atoms with Crippen molar-refractivity contribution in [3.05, 3.63) is 39.3 Å². The van der Waals surface area contributed by atoms with Crippen molar-refractivity contribution in [1.29, 1.82) is 0 Å². The summed E-state index contributed by atoms with van der Waals surface area (Å²) in [4.78, 5) is 18.0. The number of morpholine rings is 1. The summed E-state index contributed by atoms with van der Waals surface area (Å²) in [6.45, 7) is 9.23. The van der Waals surface area contributed by atoms with Gasteiger partial charge in [0.25, 0.3) is 5.91 Å². The minimum absolute atomic E-state index is 0.207. The summed E-state index contributed by atoms with van der Waals surface area (Å²) >= 11 is 1.39. The molecule has 1 amide bonds. The fraction of sp³-hybridized carbons (Fsp3) is 0.500. The molecule has 0 saturated carbocycles. The molecular formula is C20H27N3O4S2. The van der Waals surface area contributed by atoms with Crippen molar-refractivity contribution in [3.63, 3.8) is 0 Å². The SMILES string of the molecule is Cc1ccc(NC(=O)c2sc(CC(C)C)nc2C)cc1S(=O)(=O)N1CCOCC1. The van der Waals surface area contributed by atoms with Crippen LogP contribution in [0.15, 0.2) is 23.1 Å². The van der Waals surface area contributed by atoms with Crippen molar-refractivity contribution in [2.45, 2.75) is 39.0 Å². The first-order valence-corrected chi connectivity index (χ1v) is 11.9. The zero-order valence-corrected chi connectivity index (χ0v) is 18.8. The number of anilines is 1. The lowest BCUT2D eigenvalue weighted by Gasteiger charge is -2.26. The second kappa shape index (κ2) is 8.91. The topological polar surface area (TPSA) is 88.6 Å². The number of hydrogen-bond acceptors (Lipinski definition) is 6. The van der Waals surface area contributed by atoms with E-state index in [1.807, 2.05) is 6.92 Å². The number of aromatic nitrogens is 1. The second-order valence-electron chi connectivity index (χ2n) is 7.57. The third kappa shape index (κ3) is 5.03. The highest BCUT2D eigenvalue weighted by molar-refractivity contribution is 7.89. The number of carbonyl (C=O) groups excluding carboxylic acids is 1. The van der Waals surface area contributed by atoms with Crippen molar-refractivity contribution < 1.29 is 17.9 Å². The average Bonchev–Trinajstić information content (AvgIpc) is 3.03. The summed E-state index contributed by atoms with van der Waals surface area (Å²) in [5.41, 5.74) is 1.78. The first kappa shape index (κ1) is 21.9. The molecule has 2 heterocycles. The third-order valence-corrected chi connectivity index (χ3v) is 7.88. The van der Waals surface area contributed by atoms with E-state index >= 15 is 0 Å². The molecule has 0 bridgehead atoms. The number of carbonyl (C=O) groups is 1. The van der Waals surface area contributed by atoms with Gasteiger partial charge in [-0.05, 0) is 37.5 Å². The summed E-state index contributed by atoms with van der Waals surface area (Å²) in [6.07, 6.45) is 0.825. The Hall–Kier alpha value is -1.81. The van der Waals surface area contributed by atoms with Gasteiger partial charge in [0, 0.05) is 25.2 Å². The Balaban J connectivity index is 1.83. The van der Waals surface area contributed by atoms with Gasteiger partial charge in [-0.15, -0.1) is 11.3 Å². The van der Waals surface area contributed by atoms with E-state index in [4.69, 9.17) is 4.74 Å².